The van der Waals surface area contributed by atoms with Gasteiger partial charge in [-0.15, -0.1) is 0 Å². The highest BCUT2D eigenvalue weighted by atomic mass is 32.2. The molecule has 2 unspecified atom stereocenters. The second-order valence-electron chi connectivity index (χ2n) is 4.97. The highest BCUT2D eigenvalue weighted by Gasteiger charge is 2.38. The van der Waals surface area contributed by atoms with Gasteiger partial charge in [0, 0.05) is 6.54 Å². The summed E-state index contributed by atoms with van der Waals surface area (Å²) in [5, 5.41) is 9.15. The number of hydrogen-bond donors (Lipinski definition) is 1. The first-order valence-electron chi connectivity index (χ1n) is 6.66. The molecule has 0 amide bonds. The van der Waals surface area contributed by atoms with Gasteiger partial charge in [-0.25, -0.2) is 8.42 Å². The van der Waals surface area contributed by atoms with Crippen molar-refractivity contribution >= 4 is 22.0 Å². The summed E-state index contributed by atoms with van der Waals surface area (Å²) in [7, 11) is -3.76. The van der Waals surface area contributed by atoms with E-state index in [9.17, 15) is 18.0 Å². The zero-order chi connectivity index (χ0) is 15.3. The lowest BCUT2D eigenvalue weighted by molar-refractivity contribution is -0.143. The number of sulfonamides is 1. The van der Waals surface area contributed by atoms with Crippen LogP contribution in [0.3, 0.4) is 0 Å². The molecule has 116 valence electrons. The monoisotopic (exact) mass is 307 g/mol. The molecule has 0 radical (unpaired) electrons. The summed E-state index contributed by atoms with van der Waals surface area (Å²) in [6, 6.07) is -1.04. The Labute approximate surface area is 118 Å². The second-order valence-corrected chi connectivity index (χ2v) is 7.01. The van der Waals surface area contributed by atoms with Crippen LogP contribution in [0, 0.1) is 5.92 Å². The predicted octanol–water partition coefficient (Wildman–Crippen LogP) is 0.454. The van der Waals surface area contributed by atoms with Crippen molar-refractivity contribution in [1.82, 2.24) is 4.31 Å². The topological polar surface area (TPSA) is 101 Å². The molecule has 0 aromatic rings. The third-order valence-corrected chi connectivity index (χ3v) is 5.20. The van der Waals surface area contributed by atoms with Crippen LogP contribution in [0.1, 0.15) is 33.1 Å². The summed E-state index contributed by atoms with van der Waals surface area (Å²) in [5.74, 6) is -1.97. The molecule has 0 aliphatic carbocycles. The van der Waals surface area contributed by atoms with E-state index in [4.69, 9.17) is 5.11 Å². The van der Waals surface area contributed by atoms with Crippen LogP contribution in [0.4, 0.5) is 0 Å². The number of rotatable bonds is 6. The quantitative estimate of drug-likeness (QED) is 0.715. The number of carbonyl (C=O) groups is 2. The van der Waals surface area contributed by atoms with Crippen LogP contribution in [0.15, 0.2) is 0 Å². The summed E-state index contributed by atoms with van der Waals surface area (Å²) in [4.78, 5) is 22.4. The first-order chi connectivity index (χ1) is 9.27. The minimum Gasteiger partial charge on any atom is -0.480 e. The molecule has 2 atom stereocenters. The van der Waals surface area contributed by atoms with E-state index in [1.54, 1.807) is 6.92 Å². The average Bonchev–Trinajstić information content (AvgIpc) is 2.36. The maximum absolute atomic E-state index is 12.2. The Morgan fingerprint density at radius 3 is 2.60 bits per heavy atom. The van der Waals surface area contributed by atoms with E-state index >= 15 is 0 Å². The van der Waals surface area contributed by atoms with Crippen molar-refractivity contribution < 1.29 is 27.9 Å². The van der Waals surface area contributed by atoms with Crippen LogP contribution >= 0.6 is 0 Å². The molecule has 0 aromatic carbocycles. The van der Waals surface area contributed by atoms with Crippen molar-refractivity contribution in [3.8, 4) is 0 Å². The van der Waals surface area contributed by atoms with Gasteiger partial charge in [-0.1, -0.05) is 6.92 Å². The van der Waals surface area contributed by atoms with Gasteiger partial charge < -0.3 is 9.84 Å². The van der Waals surface area contributed by atoms with Crippen molar-refractivity contribution in [2.75, 3.05) is 18.9 Å². The number of hydrogen-bond acceptors (Lipinski definition) is 5. The minimum atomic E-state index is -3.76. The van der Waals surface area contributed by atoms with E-state index in [0.717, 1.165) is 4.31 Å². The van der Waals surface area contributed by atoms with Gasteiger partial charge in [0.05, 0.1) is 18.8 Å². The Morgan fingerprint density at radius 1 is 1.40 bits per heavy atom. The standard InChI is InChI=1S/C12H21NO6S/c1-3-19-11(14)5-7-20(17,18)13-6-4-9(2)8-10(13)12(15)16/h9-10H,3-8H2,1-2H3,(H,15,16). The number of esters is 1. The smallest absolute Gasteiger partial charge is 0.322 e. The van der Waals surface area contributed by atoms with E-state index in [0.29, 0.717) is 12.8 Å². The van der Waals surface area contributed by atoms with Gasteiger partial charge >= 0.3 is 11.9 Å². The molecule has 1 saturated heterocycles. The number of carboxylic acid groups (broad SMARTS) is 1. The van der Waals surface area contributed by atoms with E-state index < -0.39 is 33.8 Å². The van der Waals surface area contributed by atoms with Gasteiger partial charge in [0.15, 0.2) is 0 Å². The van der Waals surface area contributed by atoms with Crippen LogP contribution in [-0.4, -0.2) is 54.7 Å². The maximum Gasteiger partial charge on any atom is 0.322 e. The van der Waals surface area contributed by atoms with Crippen LogP contribution < -0.4 is 0 Å². The molecule has 0 spiro atoms. The number of nitrogens with zero attached hydrogens (tertiary/aromatic N) is 1. The lowest BCUT2D eigenvalue weighted by atomic mass is 9.94. The summed E-state index contributed by atoms with van der Waals surface area (Å²) in [6.07, 6.45) is 0.672. The number of ether oxygens (including phenoxy) is 1. The zero-order valence-electron chi connectivity index (χ0n) is 11.7. The van der Waals surface area contributed by atoms with Gasteiger partial charge in [-0.3, -0.25) is 9.59 Å². The van der Waals surface area contributed by atoms with Crippen molar-refractivity contribution in [2.45, 2.75) is 39.2 Å². The third-order valence-electron chi connectivity index (χ3n) is 3.33. The van der Waals surface area contributed by atoms with E-state index in [2.05, 4.69) is 4.74 Å². The number of aliphatic carboxylic acids is 1. The predicted molar refractivity (Wildman–Crippen MR) is 71.6 cm³/mol. The normalized spacial score (nSPS) is 24.3. The van der Waals surface area contributed by atoms with Crippen molar-refractivity contribution in [3.63, 3.8) is 0 Å². The molecular formula is C12H21NO6S. The largest absolute Gasteiger partial charge is 0.480 e. The zero-order valence-corrected chi connectivity index (χ0v) is 12.6. The molecule has 8 heteroatoms. The molecule has 1 N–H and O–H groups in total. The van der Waals surface area contributed by atoms with Crippen LogP contribution in [-0.2, 0) is 24.3 Å². The molecule has 0 bridgehead atoms. The highest BCUT2D eigenvalue weighted by molar-refractivity contribution is 7.89. The number of carboxylic acids is 1. The summed E-state index contributed by atoms with van der Waals surface area (Å²) >= 11 is 0. The molecule has 1 rings (SSSR count). The molecule has 20 heavy (non-hydrogen) atoms. The Morgan fingerprint density at radius 2 is 2.05 bits per heavy atom. The number of carbonyl (C=O) groups excluding carboxylic acids is 1. The van der Waals surface area contributed by atoms with Crippen molar-refractivity contribution in [1.29, 1.82) is 0 Å². The minimum absolute atomic E-state index is 0.174. The highest BCUT2D eigenvalue weighted by Crippen LogP contribution is 2.25. The molecule has 7 nitrogen and oxygen atoms in total. The molecular weight excluding hydrogens is 286 g/mol. The first kappa shape index (κ1) is 16.9. The van der Waals surface area contributed by atoms with Crippen molar-refractivity contribution in [2.24, 2.45) is 5.92 Å². The van der Waals surface area contributed by atoms with Gasteiger partial charge in [-0.2, -0.15) is 4.31 Å². The Kier molecular flexibility index (Phi) is 5.94. The fraction of sp³-hybridized carbons (Fsp3) is 0.833. The summed E-state index contributed by atoms with van der Waals surface area (Å²) in [5.41, 5.74) is 0. The van der Waals surface area contributed by atoms with Gasteiger partial charge in [0.25, 0.3) is 0 Å². The number of piperidine rings is 1. The van der Waals surface area contributed by atoms with Gasteiger partial charge in [0.2, 0.25) is 10.0 Å². The lowest BCUT2D eigenvalue weighted by Gasteiger charge is -2.34. The first-order valence-corrected chi connectivity index (χ1v) is 8.26. The Hall–Kier alpha value is -1.15. The van der Waals surface area contributed by atoms with E-state index in [1.165, 1.54) is 0 Å². The van der Waals surface area contributed by atoms with Crippen LogP contribution in [0.5, 0.6) is 0 Å². The van der Waals surface area contributed by atoms with Gasteiger partial charge in [-0.05, 0) is 25.7 Å². The molecule has 1 aliphatic rings. The maximum atomic E-state index is 12.2. The molecule has 0 saturated carbocycles. The SMILES string of the molecule is CCOC(=O)CCS(=O)(=O)N1CCC(C)CC1C(=O)O. The lowest BCUT2D eigenvalue weighted by Crippen LogP contribution is -2.50. The molecule has 1 heterocycles. The molecule has 0 aromatic heterocycles. The second kappa shape index (κ2) is 7.03. The summed E-state index contributed by atoms with van der Waals surface area (Å²) < 4.78 is 30.0. The van der Waals surface area contributed by atoms with Gasteiger partial charge in [0.1, 0.15) is 6.04 Å². The summed E-state index contributed by atoms with van der Waals surface area (Å²) in [6.45, 7) is 3.92. The fourth-order valence-electron chi connectivity index (χ4n) is 2.24. The Balaban J connectivity index is 2.74. The van der Waals surface area contributed by atoms with Crippen LogP contribution in [0.2, 0.25) is 0 Å². The van der Waals surface area contributed by atoms with E-state index in [1.807, 2.05) is 6.92 Å². The molecule has 1 aliphatic heterocycles. The average molecular weight is 307 g/mol. The fourth-order valence-corrected chi connectivity index (χ4v) is 3.85. The third kappa shape index (κ3) is 4.45. The van der Waals surface area contributed by atoms with Crippen molar-refractivity contribution in [3.05, 3.63) is 0 Å². The Bertz CT molecular complexity index is 461. The van der Waals surface area contributed by atoms with Crippen LogP contribution in [0.25, 0.3) is 0 Å². The van der Waals surface area contributed by atoms with E-state index in [-0.39, 0.29) is 25.5 Å². The molecule has 1 fully saturated rings.